The highest BCUT2D eigenvalue weighted by molar-refractivity contribution is 5.89. The highest BCUT2D eigenvalue weighted by Crippen LogP contribution is 2.22. The Hall–Kier alpha value is -2.37. The molecule has 0 radical (unpaired) electrons. The number of rotatable bonds is 2. The van der Waals surface area contributed by atoms with E-state index in [1.54, 1.807) is 6.20 Å². The molecule has 2 heterocycles. The predicted molar refractivity (Wildman–Crippen MR) is 84.8 cm³/mol. The van der Waals surface area contributed by atoms with Crippen LogP contribution < -0.4 is 5.32 Å². The lowest BCUT2D eigenvalue weighted by Gasteiger charge is -2.31. The van der Waals surface area contributed by atoms with Gasteiger partial charge in [-0.1, -0.05) is 11.3 Å². The van der Waals surface area contributed by atoms with Crippen molar-refractivity contribution in [1.82, 2.24) is 19.9 Å². The van der Waals surface area contributed by atoms with Crippen LogP contribution >= 0.6 is 0 Å². The van der Waals surface area contributed by atoms with Crippen molar-refractivity contribution in [2.45, 2.75) is 32.7 Å². The molecule has 1 fully saturated rings. The van der Waals surface area contributed by atoms with Crippen LogP contribution in [0.1, 0.15) is 30.0 Å². The van der Waals surface area contributed by atoms with Gasteiger partial charge in [0.15, 0.2) is 0 Å². The van der Waals surface area contributed by atoms with Crippen LogP contribution in [0.2, 0.25) is 0 Å². The van der Waals surface area contributed by atoms with Gasteiger partial charge < -0.3 is 10.2 Å². The zero-order valence-electron chi connectivity index (χ0n) is 13.0. The number of piperidine rings is 1. The van der Waals surface area contributed by atoms with E-state index >= 15 is 0 Å². The van der Waals surface area contributed by atoms with Crippen molar-refractivity contribution in [2.75, 3.05) is 18.4 Å². The van der Waals surface area contributed by atoms with E-state index in [1.807, 2.05) is 34.0 Å². The maximum absolute atomic E-state index is 12.3. The number of hydrogen-bond acceptors (Lipinski definition) is 3. The fourth-order valence-electron chi connectivity index (χ4n) is 2.77. The van der Waals surface area contributed by atoms with Crippen molar-refractivity contribution < 1.29 is 4.79 Å². The SMILES string of the molecule is Cc1ccc(NC(=O)N2CCC(n3ccnn3)CC2)cc1C. The minimum atomic E-state index is -0.0275. The quantitative estimate of drug-likeness (QED) is 0.927. The zero-order valence-corrected chi connectivity index (χ0v) is 13.0. The number of nitrogens with one attached hydrogen (secondary N) is 1. The van der Waals surface area contributed by atoms with Gasteiger partial charge in [-0.05, 0) is 49.9 Å². The van der Waals surface area contributed by atoms with E-state index in [1.165, 1.54) is 11.1 Å². The summed E-state index contributed by atoms with van der Waals surface area (Å²) in [4.78, 5) is 14.2. The molecule has 1 aliphatic rings. The van der Waals surface area contributed by atoms with Gasteiger partial charge in [0, 0.05) is 25.0 Å². The Bertz CT molecular complexity index is 645. The Morgan fingerprint density at radius 1 is 1.23 bits per heavy atom. The van der Waals surface area contributed by atoms with Crippen molar-refractivity contribution in [3.05, 3.63) is 41.7 Å². The molecule has 6 heteroatoms. The Morgan fingerprint density at radius 2 is 2.00 bits per heavy atom. The van der Waals surface area contributed by atoms with E-state index in [0.29, 0.717) is 6.04 Å². The largest absolute Gasteiger partial charge is 0.324 e. The summed E-state index contributed by atoms with van der Waals surface area (Å²) in [7, 11) is 0. The van der Waals surface area contributed by atoms with Crippen molar-refractivity contribution in [3.8, 4) is 0 Å². The Labute approximate surface area is 130 Å². The third-order valence-corrected chi connectivity index (χ3v) is 4.32. The number of aromatic nitrogens is 3. The minimum Gasteiger partial charge on any atom is -0.324 e. The zero-order chi connectivity index (χ0) is 15.5. The van der Waals surface area contributed by atoms with Gasteiger partial charge in [-0.25, -0.2) is 9.48 Å². The molecule has 2 amide bonds. The summed E-state index contributed by atoms with van der Waals surface area (Å²) in [5.41, 5.74) is 3.26. The molecule has 0 unspecified atom stereocenters. The van der Waals surface area contributed by atoms with Crippen LogP contribution in [0.5, 0.6) is 0 Å². The van der Waals surface area contributed by atoms with Crippen LogP contribution in [0, 0.1) is 13.8 Å². The molecule has 3 rings (SSSR count). The molecule has 6 nitrogen and oxygen atoms in total. The number of carbonyl (C=O) groups is 1. The van der Waals surface area contributed by atoms with Gasteiger partial charge in [0.05, 0.1) is 12.2 Å². The fourth-order valence-corrected chi connectivity index (χ4v) is 2.77. The highest BCUT2D eigenvalue weighted by atomic mass is 16.2. The molecule has 0 bridgehead atoms. The fraction of sp³-hybridized carbons (Fsp3) is 0.438. The molecular weight excluding hydrogens is 278 g/mol. The molecule has 22 heavy (non-hydrogen) atoms. The monoisotopic (exact) mass is 299 g/mol. The number of benzene rings is 1. The molecule has 2 aromatic rings. The second-order valence-corrected chi connectivity index (χ2v) is 5.83. The normalized spacial score (nSPS) is 15.8. The van der Waals surface area contributed by atoms with Gasteiger partial charge in [-0.3, -0.25) is 0 Å². The highest BCUT2D eigenvalue weighted by Gasteiger charge is 2.24. The Balaban J connectivity index is 1.56. The lowest BCUT2D eigenvalue weighted by Crippen LogP contribution is -2.41. The minimum absolute atomic E-state index is 0.0275. The number of urea groups is 1. The van der Waals surface area contributed by atoms with Gasteiger partial charge in [0.1, 0.15) is 0 Å². The number of amides is 2. The molecule has 1 aliphatic heterocycles. The standard InChI is InChI=1S/C16H21N5O/c1-12-3-4-14(11-13(12)2)18-16(22)20-8-5-15(6-9-20)21-10-7-17-19-21/h3-4,7,10-11,15H,5-6,8-9H2,1-2H3,(H,18,22). The van der Waals surface area contributed by atoms with E-state index in [9.17, 15) is 4.79 Å². The van der Waals surface area contributed by atoms with Crippen molar-refractivity contribution >= 4 is 11.7 Å². The summed E-state index contributed by atoms with van der Waals surface area (Å²) < 4.78 is 1.89. The van der Waals surface area contributed by atoms with Crippen molar-refractivity contribution in [1.29, 1.82) is 0 Å². The summed E-state index contributed by atoms with van der Waals surface area (Å²) >= 11 is 0. The molecule has 0 spiro atoms. The first-order valence-electron chi connectivity index (χ1n) is 7.62. The second-order valence-electron chi connectivity index (χ2n) is 5.83. The van der Waals surface area contributed by atoms with Crippen LogP contribution in [0.3, 0.4) is 0 Å². The molecule has 0 saturated carbocycles. The van der Waals surface area contributed by atoms with Gasteiger partial charge in [0.2, 0.25) is 0 Å². The maximum atomic E-state index is 12.3. The Kier molecular flexibility index (Phi) is 4.09. The molecule has 0 atom stereocenters. The van der Waals surface area contributed by atoms with Gasteiger partial charge >= 0.3 is 6.03 Å². The topological polar surface area (TPSA) is 63.1 Å². The summed E-state index contributed by atoms with van der Waals surface area (Å²) in [6, 6.07) is 6.30. The lowest BCUT2D eigenvalue weighted by atomic mass is 10.1. The molecule has 0 aliphatic carbocycles. The van der Waals surface area contributed by atoms with Crippen LogP contribution in [-0.2, 0) is 0 Å². The first kappa shape index (κ1) is 14.6. The molecule has 116 valence electrons. The van der Waals surface area contributed by atoms with E-state index in [4.69, 9.17) is 0 Å². The molecular formula is C16H21N5O. The first-order chi connectivity index (χ1) is 10.6. The van der Waals surface area contributed by atoms with Crippen molar-refractivity contribution in [2.24, 2.45) is 0 Å². The smallest absolute Gasteiger partial charge is 0.321 e. The number of carbonyl (C=O) groups excluding carboxylic acids is 1. The van der Waals surface area contributed by atoms with Crippen molar-refractivity contribution in [3.63, 3.8) is 0 Å². The van der Waals surface area contributed by atoms with E-state index in [2.05, 4.69) is 29.5 Å². The van der Waals surface area contributed by atoms with Crippen LogP contribution in [0.25, 0.3) is 0 Å². The summed E-state index contributed by atoms with van der Waals surface area (Å²) in [5, 5.41) is 10.9. The van der Waals surface area contributed by atoms with Gasteiger partial charge in [-0.15, -0.1) is 5.10 Å². The molecule has 1 aromatic heterocycles. The Morgan fingerprint density at radius 3 is 2.64 bits per heavy atom. The maximum Gasteiger partial charge on any atom is 0.321 e. The average Bonchev–Trinajstić information content (AvgIpc) is 3.05. The van der Waals surface area contributed by atoms with Crippen LogP contribution in [-0.4, -0.2) is 39.0 Å². The molecule has 1 aromatic carbocycles. The molecule has 1 N–H and O–H groups in total. The number of nitrogens with zero attached hydrogens (tertiary/aromatic N) is 4. The number of anilines is 1. The number of aryl methyl sites for hydroxylation is 2. The first-order valence-corrected chi connectivity index (χ1v) is 7.62. The van der Waals surface area contributed by atoms with E-state index < -0.39 is 0 Å². The van der Waals surface area contributed by atoms with Crippen LogP contribution in [0.15, 0.2) is 30.6 Å². The summed E-state index contributed by atoms with van der Waals surface area (Å²) in [6.45, 7) is 5.59. The van der Waals surface area contributed by atoms with Crippen LogP contribution in [0.4, 0.5) is 10.5 Å². The number of hydrogen-bond donors (Lipinski definition) is 1. The van der Waals surface area contributed by atoms with E-state index in [0.717, 1.165) is 31.6 Å². The molecule has 1 saturated heterocycles. The third-order valence-electron chi connectivity index (χ3n) is 4.32. The lowest BCUT2D eigenvalue weighted by molar-refractivity contribution is 0.179. The van der Waals surface area contributed by atoms with Gasteiger partial charge in [-0.2, -0.15) is 0 Å². The summed E-state index contributed by atoms with van der Waals surface area (Å²) in [6.07, 6.45) is 5.39. The average molecular weight is 299 g/mol. The predicted octanol–water partition coefficient (Wildman–Crippen LogP) is 2.76. The number of likely N-dealkylation sites (tertiary alicyclic amines) is 1. The summed E-state index contributed by atoms with van der Waals surface area (Å²) in [5.74, 6) is 0. The van der Waals surface area contributed by atoms with E-state index in [-0.39, 0.29) is 6.03 Å². The second kappa shape index (κ2) is 6.17. The third kappa shape index (κ3) is 3.10. The van der Waals surface area contributed by atoms with Gasteiger partial charge in [0.25, 0.3) is 0 Å².